The summed E-state index contributed by atoms with van der Waals surface area (Å²) in [6.45, 7) is 13.9. The highest BCUT2D eigenvalue weighted by atomic mass is 15.1. The van der Waals surface area contributed by atoms with Gasteiger partial charge in [0.2, 0.25) is 0 Å². The minimum absolute atomic E-state index is 0.0338. The maximum absolute atomic E-state index is 2.41. The number of fused-ring (bicyclic) bond motifs is 2. The summed E-state index contributed by atoms with van der Waals surface area (Å²) in [6, 6.07) is 55.7. The maximum Gasteiger partial charge on any atom is 0.0540 e. The first-order chi connectivity index (χ1) is 22.6. The lowest BCUT2D eigenvalue weighted by Gasteiger charge is -2.29. The highest BCUT2D eigenvalue weighted by molar-refractivity contribution is 6.09. The Labute approximate surface area is 280 Å². The highest BCUT2D eigenvalue weighted by Crippen LogP contribution is 2.45. The smallest absolute Gasteiger partial charge is 0.0540 e. The second-order valence-corrected chi connectivity index (χ2v) is 14.7. The fraction of sp³-hybridized carbons (Fsp3) is 0.174. The molecule has 232 valence electrons. The van der Waals surface area contributed by atoms with Crippen molar-refractivity contribution in [1.82, 2.24) is 0 Å². The number of hydrogen-bond donors (Lipinski definition) is 0. The summed E-state index contributed by atoms with van der Waals surface area (Å²) < 4.78 is 0. The molecule has 0 spiro atoms. The van der Waals surface area contributed by atoms with Crippen molar-refractivity contribution in [2.24, 2.45) is 0 Å². The van der Waals surface area contributed by atoms with Crippen molar-refractivity contribution in [3.05, 3.63) is 163 Å². The fourth-order valence-corrected chi connectivity index (χ4v) is 6.67. The molecule has 0 amide bonds. The van der Waals surface area contributed by atoms with Crippen LogP contribution in [0.2, 0.25) is 0 Å². The molecule has 0 saturated carbocycles. The van der Waals surface area contributed by atoms with Gasteiger partial charge in [-0.25, -0.2) is 0 Å². The first-order valence-electron chi connectivity index (χ1n) is 16.7. The number of para-hydroxylation sites is 2. The fourth-order valence-electron chi connectivity index (χ4n) is 6.67. The standard InChI is InChI=1S/C46H43N/c1-45(2,3)36-28-35(29-37(31-36)46(4,5)6)40-23-14-18-33-19-15-24-42(44(33)40)41-22-12-13-25-43(41)47(38-20-8-7-9-21-38)39-27-26-32-16-10-11-17-34(32)30-39/h7-31H,1-6H3. The molecule has 47 heavy (non-hydrogen) atoms. The summed E-state index contributed by atoms with van der Waals surface area (Å²) in [5, 5.41) is 4.98. The van der Waals surface area contributed by atoms with Gasteiger partial charge in [-0.2, -0.15) is 0 Å². The lowest BCUT2D eigenvalue weighted by molar-refractivity contribution is 0.569. The molecule has 7 rings (SSSR count). The van der Waals surface area contributed by atoms with Crippen LogP contribution in [-0.4, -0.2) is 0 Å². The first kappa shape index (κ1) is 30.5. The summed E-state index contributed by atoms with van der Waals surface area (Å²) in [6.07, 6.45) is 0. The molecule has 1 heteroatoms. The molecule has 0 saturated heterocycles. The molecule has 1 nitrogen and oxygen atoms in total. The SMILES string of the molecule is CC(C)(C)c1cc(-c2cccc3cccc(-c4ccccc4N(c4ccccc4)c4ccc5ccccc5c4)c23)cc(C(C)(C)C)c1. The maximum atomic E-state index is 2.41. The topological polar surface area (TPSA) is 3.24 Å². The second kappa shape index (κ2) is 11.9. The van der Waals surface area contributed by atoms with Crippen molar-refractivity contribution < 1.29 is 0 Å². The molecular formula is C46H43N. The van der Waals surface area contributed by atoms with Gasteiger partial charge >= 0.3 is 0 Å². The largest absolute Gasteiger partial charge is 0.310 e. The van der Waals surface area contributed by atoms with Crippen LogP contribution in [-0.2, 0) is 10.8 Å². The lowest BCUT2D eigenvalue weighted by Crippen LogP contribution is -2.16. The van der Waals surface area contributed by atoms with Crippen molar-refractivity contribution in [2.45, 2.75) is 52.4 Å². The Balaban J connectivity index is 1.49. The van der Waals surface area contributed by atoms with E-state index in [4.69, 9.17) is 0 Å². The van der Waals surface area contributed by atoms with Gasteiger partial charge in [0.25, 0.3) is 0 Å². The second-order valence-electron chi connectivity index (χ2n) is 14.7. The van der Waals surface area contributed by atoms with Crippen LogP contribution in [0.15, 0.2) is 152 Å². The number of benzene rings is 7. The monoisotopic (exact) mass is 609 g/mol. The van der Waals surface area contributed by atoms with Gasteiger partial charge in [-0.3, -0.25) is 0 Å². The van der Waals surface area contributed by atoms with Crippen LogP contribution < -0.4 is 4.90 Å². The molecule has 0 aromatic heterocycles. The highest BCUT2D eigenvalue weighted by Gasteiger charge is 2.23. The quantitative estimate of drug-likeness (QED) is 0.188. The third-order valence-corrected chi connectivity index (χ3v) is 9.32. The molecule has 0 atom stereocenters. The van der Waals surface area contributed by atoms with Gasteiger partial charge < -0.3 is 4.90 Å². The summed E-state index contributed by atoms with van der Waals surface area (Å²) in [5.74, 6) is 0. The number of hydrogen-bond acceptors (Lipinski definition) is 1. The molecule has 0 unspecified atom stereocenters. The Hall–Kier alpha value is -5.14. The first-order valence-corrected chi connectivity index (χ1v) is 16.7. The number of rotatable bonds is 5. The molecule has 0 heterocycles. The Morgan fingerprint density at radius 2 is 0.936 bits per heavy atom. The van der Waals surface area contributed by atoms with Gasteiger partial charge in [0.1, 0.15) is 0 Å². The van der Waals surface area contributed by atoms with E-state index in [-0.39, 0.29) is 10.8 Å². The predicted molar refractivity (Wildman–Crippen MR) is 204 cm³/mol. The zero-order valence-electron chi connectivity index (χ0n) is 28.4. The summed E-state index contributed by atoms with van der Waals surface area (Å²) in [5.41, 5.74) is 11.2. The minimum atomic E-state index is 0.0338. The van der Waals surface area contributed by atoms with E-state index in [2.05, 4.69) is 198 Å². The Bertz CT molecular complexity index is 2170. The van der Waals surface area contributed by atoms with Crippen molar-refractivity contribution >= 4 is 38.6 Å². The molecular weight excluding hydrogens is 567 g/mol. The molecule has 0 N–H and O–H groups in total. The van der Waals surface area contributed by atoms with Gasteiger partial charge in [-0.1, -0.05) is 163 Å². The molecule has 0 fully saturated rings. The van der Waals surface area contributed by atoms with Gasteiger partial charge in [-0.05, 0) is 90.5 Å². The van der Waals surface area contributed by atoms with E-state index < -0.39 is 0 Å². The molecule has 0 aliphatic rings. The third-order valence-electron chi connectivity index (χ3n) is 9.32. The van der Waals surface area contributed by atoms with E-state index in [9.17, 15) is 0 Å². The van der Waals surface area contributed by atoms with Crippen molar-refractivity contribution in [3.8, 4) is 22.3 Å². The van der Waals surface area contributed by atoms with Crippen molar-refractivity contribution in [1.29, 1.82) is 0 Å². The van der Waals surface area contributed by atoms with E-state index in [1.54, 1.807) is 0 Å². The van der Waals surface area contributed by atoms with Crippen LogP contribution in [0, 0.1) is 0 Å². The molecule has 0 radical (unpaired) electrons. The van der Waals surface area contributed by atoms with E-state index in [1.807, 2.05) is 0 Å². The van der Waals surface area contributed by atoms with E-state index in [0.717, 1.165) is 17.1 Å². The molecule has 7 aromatic carbocycles. The van der Waals surface area contributed by atoms with Crippen LogP contribution >= 0.6 is 0 Å². The van der Waals surface area contributed by atoms with Crippen molar-refractivity contribution in [3.63, 3.8) is 0 Å². The molecule has 0 aliphatic carbocycles. The average molecular weight is 610 g/mol. The van der Waals surface area contributed by atoms with E-state index in [1.165, 1.54) is 54.9 Å². The Morgan fingerprint density at radius 1 is 0.383 bits per heavy atom. The van der Waals surface area contributed by atoms with Crippen LogP contribution in [0.3, 0.4) is 0 Å². The zero-order valence-corrected chi connectivity index (χ0v) is 28.4. The van der Waals surface area contributed by atoms with E-state index in [0.29, 0.717) is 0 Å². The number of anilines is 3. The number of nitrogens with zero attached hydrogens (tertiary/aromatic N) is 1. The van der Waals surface area contributed by atoms with Gasteiger partial charge in [0, 0.05) is 16.9 Å². The summed E-state index contributed by atoms with van der Waals surface area (Å²) >= 11 is 0. The zero-order chi connectivity index (χ0) is 32.8. The molecule has 7 aromatic rings. The van der Waals surface area contributed by atoms with Crippen molar-refractivity contribution in [2.75, 3.05) is 4.90 Å². The summed E-state index contributed by atoms with van der Waals surface area (Å²) in [4.78, 5) is 2.40. The Kier molecular flexibility index (Phi) is 7.73. The lowest BCUT2D eigenvalue weighted by atomic mass is 9.78. The molecule has 0 aliphatic heterocycles. The normalized spacial score (nSPS) is 12.0. The third kappa shape index (κ3) is 5.95. The Morgan fingerprint density at radius 3 is 1.62 bits per heavy atom. The van der Waals surface area contributed by atoms with Gasteiger partial charge in [0.15, 0.2) is 0 Å². The van der Waals surface area contributed by atoms with Crippen LogP contribution in [0.25, 0.3) is 43.8 Å². The van der Waals surface area contributed by atoms with Crippen LogP contribution in [0.5, 0.6) is 0 Å². The van der Waals surface area contributed by atoms with Crippen LogP contribution in [0.1, 0.15) is 52.7 Å². The van der Waals surface area contributed by atoms with Gasteiger partial charge in [-0.15, -0.1) is 0 Å². The molecule has 0 bridgehead atoms. The van der Waals surface area contributed by atoms with Gasteiger partial charge in [0.05, 0.1) is 5.69 Å². The van der Waals surface area contributed by atoms with E-state index >= 15 is 0 Å². The predicted octanol–water partition coefficient (Wildman–Crippen LogP) is 13.4. The summed E-state index contributed by atoms with van der Waals surface area (Å²) in [7, 11) is 0. The average Bonchev–Trinajstić information content (AvgIpc) is 3.07. The van der Waals surface area contributed by atoms with Crippen LogP contribution in [0.4, 0.5) is 17.1 Å². The minimum Gasteiger partial charge on any atom is -0.310 e.